The minimum absolute atomic E-state index is 0.0626. The molecule has 1 aromatic rings. The summed E-state index contributed by atoms with van der Waals surface area (Å²) in [5.74, 6) is 1.89. The maximum absolute atomic E-state index is 12.5. The number of esters is 1. The van der Waals surface area contributed by atoms with Crippen molar-refractivity contribution in [3.63, 3.8) is 0 Å². The van der Waals surface area contributed by atoms with Gasteiger partial charge in [-0.15, -0.1) is 11.3 Å². The lowest BCUT2D eigenvalue weighted by molar-refractivity contribution is -0.117. The van der Waals surface area contributed by atoms with Crippen LogP contribution in [0.25, 0.3) is 0 Å². The Morgan fingerprint density at radius 2 is 2.13 bits per heavy atom. The highest BCUT2D eigenvalue weighted by Gasteiger charge is 2.40. The van der Waals surface area contributed by atoms with Crippen LogP contribution in [0.15, 0.2) is 0 Å². The van der Waals surface area contributed by atoms with Crippen LogP contribution < -0.4 is 5.32 Å². The average molecular weight is 333 g/mol. The molecule has 23 heavy (non-hydrogen) atoms. The molecule has 124 valence electrons. The van der Waals surface area contributed by atoms with Gasteiger partial charge >= 0.3 is 5.97 Å². The van der Waals surface area contributed by atoms with E-state index in [1.807, 2.05) is 0 Å². The Morgan fingerprint density at radius 1 is 1.26 bits per heavy atom. The molecular weight excluding hydrogens is 310 g/mol. The zero-order valence-corrected chi connectivity index (χ0v) is 14.3. The summed E-state index contributed by atoms with van der Waals surface area (Å²) < 4.78 is 4.93. The van der Waals surface area contributed by atoms with Gasteiger partial charge in [-0.1, -0.05) is 6.42 Å². The molecule has 4 rings (SSSR count). The average Bonchev–Trinajstić information content (AvgIpc) is 3.26. The Labute approximate surface area is 140 Å². The fraction of sp³-hybridized carbons (Fsp3) is 0.667. The van der Waals surface area contributed by atoms with Crippen molar-refractivity contribution in [2.24, 2.45) is 17.8 Å². The lowest BCUT2D eigenvalue weighted by atomic mass is 9.86. The summed E-state index contributed by atoms with van der Waals surface area (Å²) in [5.41, 5.74) is 1.70. The number of carbonyl (C=O) groups excluding carboxylic acids is 2. The number of hydrogen-bond donors (Lipinski definition) is 1. The van der Waals surface area contributed by atoms with Gasteiger partial charge in [-0.05, 0) is 61.8 Å². The third-order valence-corrected chi connectivity index (χ3v) is 7.10. The van der Waals surface area contributed by atoms with Gasteiger partial charge in [0.15, 0.2) is 0 Å². The first kappa shape index (κ1) is 15.2. The van der Waals surface area contributed by atoms with Crippen molar-refractivity contribution in [1.82, 2.24) is 0 Å². The third-order valence-electron chi connectivity index (χ3n) is 5.90. The van der Waals surface area contributed by atoms with Gasteiger partial charge in [-0.2, -0.15) is 0 Å². The molecule has 0 unspecified atom stereocenters. The number of hydrogen-bond acceptors (Lipinski definition) is 4. The molecule has 5 heteroatoms. The zero-order valence-electron chi connectivity index (χ0n) is 13.5. The molecule has 2 saturated carbocycles. The van der Waals surface area contributed by atoms with Crippen LogP contribution in [0.2, 0.25) is 0 Å². The van der Waals surface area contributed by atoms with Crippen molar-refractivity contribution in [3.05, 3.63) is 16.0 Å². The van der Waals surface area contributed by atoms with Crippen LogP contribution in [0.3, 0.4) is 0 Å². The lowest BCUT2D eigenvalue weighted by Crippen LogP contribution is -2.21. The van der Waals surface area contributed by atoms with Crippen molar-refractivity contribution in [2.45, 2.75) is 51.4 Å². The molecule has 3 aliphatic rings. The second-order valence-electron chi connectivity index (χ2n) is 7.24. The van der Waals surface area contributed by atoms with Crippen LogP contribution in [0.5, 0.6) is 0 Å². The van der Waals surface area contributed by atoms with Crippen molar-refractivity contribution >= 4 is 28.2 Å². The van der Waals surface area contributed by atoms with Gasteiger partial charge in [0.1, 0.15) is 5.00 Å². The number of methoxy groups -OCH3 is 1. The highest BCUT2D eigenvalue weighted by Crippen LogP contribution is 2.49. The second kappa shape index (κ2) is 5.93. The van der Waals surface area contributed by atoms with Crippen LogP contribution in [0, 0.1) is 17.8 Å². The van der Waals surface area contributed by atoms with Crippen molar-refractivity contribution in [1.29, 1.82) is 0 Å². The Morgan fingerprint density at radius 3 is 2.83 bits per heavy atom. The molecule has 0 spiro atoms. The molecule has 1 aromatic heterocycles. The number of rotatable bonds is 4. The second-order valence-corrected chi connectivity index (χ2v) is 8.35. The van der Waals surface area contributed by atoms with E-state index in [0.717, 1.165) is 36.7 Å². The van der Waals surface area contributed by atoms with E-state index in [1.54, 1.807) is 11.3 Å². The van der Waals surface area contributed by atoms with E-state index in [9.17, 15) is 9.59 Å². The van der Waals surface area contributed by atoms with Crippen LogP contribution in [0.1, 0.15) is 59.3 Å². The largest absolute Gasteiger partial charge is 0.465 e. The maximum atomic E-state index is 12.5. The highest BCUT2D eigenvalue weighted by molar-refractivity contribution is 7.17. The SMILES string of the molecule is COC(=O)c1c(NC(=O)C[C@H]2C[C@H]3CC[C@H]2C3)sc2c1CCC2. The van der Waals surface area contributed by atoms with Crippen LogP contribution in [-0.2, 0) is 22.4 Å². The third kappa shape index (κ3) is 2.69. The summed E-state index contributed by atoms with van der Waals surface area (Å²) in [6.45, 7) is 0. The first-order valence-electron chi connectivity index (χ1n) is 8.68. The Bertz CT molecular complexity index is 651. The van der Waals surface area contributed by atoms with E-state index in [-0.39, 0.29) is 11.9 Å². The molecule has 3 atom stereocenters. The van der Waals surface area contributed by atoms with Crippen LogP contribution in [0.4, 0.5) is 5.00 Å². The quantitative estimate of drug-likeness (QED) is 0.853. The molecule has 1 amide bonds. The highest BCUT2D eigenvalue weighted by atomic mass is 32.1. The topological polar surface area (TPSA) is 55.4 Å². The number of amides is 1. The van der Waals surface area contributed by atoms with E-state index in [4.69, 9.17) is 4.74 Å². The van der Waals surface area contributed by atoms with E-state index < -0.39 is 0 Å². The van der Waals surface area contributed by atoms with Gasteiger partial charge in [-0.3, -0.25) is 4.79 Å². The number of thiophene rings is 1. The molecule has 1 N–H and O–H groups in total. The Balaban J connectivity index is 1.48. The number of carbonyl (C=O) groups is 2. The first-order chi connectivity index (χ1) is 11.2. The molecule has 0 aromatic carbocycles. The van der Waals surface area contributed by atoms with E-state index >= 15 is 0 Å². The van der Waals surface area contributed by atoms with Gasteiger partial charge < -0.3 is 10.1 Å². The molecular formula is C18H23NO3S. The number of ether oxygens (including phenoxy) is 1. The van der Waals surface area contributed by atoms with Gasteiger partial charge in [0.25, 0.3) is 0 Å². The van der Waals surface area contributed by atoms with Gasteiger partial charge in [0.2, 0.25) is 5.91 Å². The summed E-state index contributed by atoms with van der Waals surface area (Å²) in [6.07, 6.45) is 8.79. The lowest BCUT2D eigenvalue weighted by Gasteiger charge is -2.20. The number of anilines is 1. The standard InChI is InChI=1S/C18H23NO3S/c1-22-18(21)16-13-3-2-4-14(13)23-17(16)19-15(20)9-12-8-10-5-6-11(12)7-10/h10-12H,2-9H2,1H3,(H,19,20)/t10-,11-,12+/m0/s1. The molecule has 4 nitrogen and oxygen atoms in total. The maximum Gasteiger partial charge on any atom is 0.341 e. The van der Waals surface area contributed by atoms with Gasteiger partial charge in [0, 0.05) is 11.3 Å². The molecule has 0 saturated heterocycles. The first-order valence-corrected chi connectivity index (χ1v) is 9.50. The summed E-state index contributed by atoms with van der Waals surface area (Å²) >= 11 is 1.56. The normalized spacial score (nSPS) is 28.0. The smallest absolute Gasteiger partial charge is 0.341 e. The monoisotopic (exact) mass is 333 g/mol. The van der Waals surface area contributed by atoms with Crippen molar-refractivity contribution in [3.8, 4) is 0 Å². The fourth-order valence-corrected chi connectivity index (χ4v) is 6.15. The minimum Gasteiger partial charge on any atom is -0.465 e. The number of aryl methyl sites for hydroxylation is 1. The van der Waals surface area contributed by atoms with Crippen LogP contribution in [-0.4, -0.2) is 19.0 Å². The number of nitrogens with one attached hydrogen (secondary N) is 1. The fourth-order valence-electron chi connectivity index (χ4n) is 4.85. The minimum atomic E-state index is -0.320. The Hall–Kier alpha value is -1.36. The van der Waals surface area contributed by atoms with E-state index in [2.05, 4.69) is 5.32 Å². The molecule has 3 aliphatic carbocycles. The van der Waals surface area contributed by atoms with Crippen molar-refractivity contribution < 1.29 is 14.3 Å². The Kier molecular flexibility index (Phi) is 3.92. The zero-order chi connectivity index (χ0) is 16.0. The molecule has 2 fully saturated rings. The predicted molar refractivity (Wildman–Crippen MR) is 89.9 cm³/mol. The van der Waals surface area contributed by atoms with E-state index in [0.29, 0.717) is 22.9 Å². The summed E-state index contributed by atoms with van der Waals surface area (Å²) in [4.78, 5) is 25.8. The molecule has 2 bridgehead atoms. The summed E-state index contributed by atoms with van der Waals surface area (Å²) in [5, 5.41) is 3.72. The molecule has 1 heterocycles. The van der Waals surface area contributed by atoms with Crippen molar-refractivity contribution in [2.75, 3.05) is 12.4 Å². The van der Waals surface area contributed by atoms with E-state index in [1.165, 1.54) is 37.7 Å². The van der Waals surface area contributed by atoms with Crippen LogP contribution >= 0.6 is 11.3 Å². The van der Waals surface area contributed by atoms with Gasteiger partial charge in [0.05, 0.1) is 12.7 Å². The molecule has 0 radical (unpaired) electrons. The number of fused-ring (bicyclic) bond motifs is 3. The van der Waals surface area contributed by atoms with Gasteiger partial charge in [-0.25, -0.2) is 4.79 Å². The summed E-state index contributed by atoms with van der Waals surface area (Å²) in [6, 6.07) is 0. The molecule has 0 aliphatic heterocycles. The summed E-state index contributed by atoms with van der Waals surface area (Å²) in [7, 11) is 1.40. The predicted octanol–water partition coefficient (Wildman–Crippen LogP) is 3.79.